The molecule has 0 radical (unpaired) electrons. The summed E-state index contributed by atoms with van der Waals surface area (Å²) in [6, 6.07) is 18.6. The Hall–Kier alpha value is -2.29. The summed E-state index contributed by atoms with van der Waals surface area (Å²) in [5.41, 5.74) is 3.56. The lowest BCUT2D eigenvalue weighted by atomic mass is 10.1. The van der Waals surface area contributed by atoms with Crippen LogP contribution in [0.1, 0.15) is 22.7 Å². The summed E-state index contributed by atoms with van der Waals surface area (Å²) in [5.74, 6) is 0. The van der Waals surface area contributed by atoms with Crippen molar-refractivity contribution in [3.8, 4) is 0 Å². The standard InChI is InChI=1S/C17H18N2O/c1-13-6-5-9-15(10-13)16-12-19(17(20)18-16)11-14-7-3-2-4-8-14/h2-10,16H,11-12H2,1H3,(H,18,20). The second-order valence-electron chi connectivity index (χ2n) is 5.23. The first kappa shape index (κ1) is 12.7. The van der Waals surface area contributed by atoms with Crippen LogP contribution >= 0.6 is 0 Å². The van der Waals surface area contributed by atoms with Crippen LogP contribution in [0, 0.1) is 6.92 Å². The van der Waals surface area contributed by atoms with Crippen LogP contribution in [-0.4, -0.2) is 22.6 Å². The molecule has 0 amide bonds. The molecular formula is C17H18N2O. The fourth-order valence-electron chi connectivity index (χ4n) is 2.55. The minimum Gasteiger partial charge on any atom is -0.481 e. The van der Waals surface area contributed by atoms with Gasteiger partial charge >= 0.3 is 0 Å². The zero-order valence-corrected chi connectivity index (χ0v) is 11.5. The van der Waals surface area contributed by atoms with Gasteiger partial charge in [-0.15, -0.1) is 0 Å². The highest BCUT2D eigenvalue weighted by Gasteiger charge is 2.25. The molecule has 3 rings (SSSR count). The average Bonchev–Trinajstić information content (AvgIpc) is 2.81. The van der Waals surface area contributed by atoms with Gasteiger partial charge in [-0.05, 0) is 18.1 Å². The van der Waals surface area contributed by atoms with E-state index in [4.69, 9.17) is 0 Å². The molecule has 3 heteroatoms. The molecule has 0 saturated carbocycles. The highest BCUT2D eigenvalue weighted by atomic mass is 16.3. The summed E-state index contributed by atoms with van der Waals surface area (Å²) in [6.45, 7) is 3.49. The zero-order valence-electron chi connectivity index (χ0n) is 11.5. The van der Waals surface area contributed by atoms with Crippen molar-refractivity contribution in [2.45, 2.75) is 19.5 Å². The van der Waals surface area contributed by atoms with Crippen LogP contribution in [0.15, 0.2) is 59.6 Å². The first-order valence-electron chi connectivity index (χ1n) is 6.84. The van der Waals surface area contributed by atoms with Crippen LogP contribution in [0.3, 0.4) is 0 Å². The Morgan fingerprint density at radius 3 is 2.70 bits per heavy atom. The Bertz CT molecular complexity index is 622. The van der Waals surface area contributed by atoms with Crippen LogP contribution in [0.4, 0.5) is 0 Å². The van der Waals surface area contributed by atoms with Gasteiger partial charge < -0.3 is 10.0 Å². The van der Waals surface area contributed by atoms with Gasteiger partial charge in [-0.2, -0.15) is 0 Å². The average molecular weight is 266 g/mol. The van der Waals surface area contributed by atoms with Crippen molar-refractivity contribution in [2.75, 3.05) is 6.54 Å². The Morgan fingerprint density at radius 1 is 1.15 bits per heavy atom. The largest absolute Gasteiger partial charge is 0.481 e. The van der Waals surface area contributed by atoms with Crippen molar-refractivity contribution in [3.05, 3.63) is 71.3 Å². The number of hydrogen-bond acceptors (Lipinski definition) is 2. The first-order valence-corrected chi connectivity index (χ1v) is 6.84. The molecule has 0 saturated heterocycles. The van der Waals surface area contributed by atoms with Gasteiger partial charge in [0, 0.05) is 13.1 Å². The normalized spacial score (nSPS) is 18.1. The number of aliphatic hydroxyl groups is 1. The molecule has 1 heterocycles. The molecule has 0 aliphatic carbocycles. The third-order valence-electron chi connectivity index (χ3n) is 3.59. The van der Waals surface area contributed by atoms with Gasteiger partial charge in [0.25, 0.3) is 6.02 Å². The van der Waals surface area contributed by atoms with Crippen LogP contribution in [0.5, 0.6) is 0 Å². The second kappa shape index (κ2) is 5.37. The van der Waals surface area contributed by atoms with Gasteiger partial charge in [0.05, 0.1) is 6.04 Å². The Kier molecular flexibility index (Phi) is 3.42. The zero-order chi connectivity index (χ0) is 13.9. The van der Waals surface area contributed by atoms with E-state index < -0.39 is 0 Å². The van der Waals surface area contributed by atoms with Crippen LogP contribution in [-0.2, 0) is 6.54 Å². The van der Waals surface area contributed by atoms with Gasteiger partial charge in [0.15, 0.2) is 0 Å². The predicted molar refractivity (Wildman–Crippen MR) is 80.8 cm³/mol. The lowest BCUT2D eigenvalue weighted by molar-refractivity contribution is 0.348. The van der Waals surface area contributed by atoms with E-state index in [1.165, 1.54) is 11.1 Å². The minimum atomic E-state index is 0.0265. The predicted octanol–water partition coefficient (Wildman–Crippen LogP) is 3.47. The summed E-state index contributed by atoms with van der Waals surface area (Å²) in [7, 11) is 0. The number of benzene rings is 2. The number of amidine groups is 1. The van der Waals surface area contributed by atoms with E-state index in [0.717, 1.165) is 12.1 Å². The van der Waals surface area contributed by atoms with Crippen LogP contribution in [0.25, 0.3) is 0 Å². The SMILES string of the molecule is Cc1cccc(C2CN(Cc3ccccc3)C(O)=N2)c1. The summed E-state index contributed by atoms with van der Waals surface area (Å²) < 4.78 is 0. The monoisotopic (exact) mass is 266 g/mol. The molecule has 3 nitrogen and oxygen atoms in total. The Labute approximate surface area is 119 Å². The summed E-state index contributed by atoms with van der Waals surface area (Å²) in [5, 5.41) is 10.0. The molecule has 1 atom stereocenters. The van der Waals surface area contributed by atoms with E-state index in [0.29, 0.717) is 6.54 Å². The van der Waals surface area contributed by atoms with Crippen molar-refractivity contribution >= 4 is 6.02 Å². The summed E-state index contributed by atoms with van der Waals surface area (Å²) >= 11 is 0. The minimum absolute atomic E-state index is 0.0265. The smallest absolute Gasteiger partial charge is 0.285 e. The maximum absolute atomic E-state index is 10.0. The number of hydrogen-bond donors (Lipinski definition) is 1. The molecule has 102 valence electrons. The highest BCUT2D eigenvalue weighted by molar-refractivity contribution is 5.74. The Balaban J connectivity index is 1.74. The number of aryl methyl sites for hydroxylation is 1. The van der Waals surface area contributed by atoms with Crippen molar-refractivity contribution in [3.63, 3.8) is 0 Å². The fourth-order valence-corrected chi connectivity index (χ4v) is 2.55. The van der Waals surface area contributed by atoms with Crippen molar-refractivity contribution in [2.24, 2.45) is 4.99 Å². The van der Waals surface area contributed by atoms with Crippen molar-refractivity contribution < 1.29 is 5.11 Å². The molecule has 1 unspecified atom stereocenters. The van der Waals surface area contributed by atoms with Gasteiger partial charge in [0.2, 0.25) is 0 Å². The number of rotatable bonds is 3. The van der Waals surface area contributed by atoms with E-state index in [2.05, 4.69) is 42.2 Å². The number of nitrogens with zero attached hydrogens (tertiary/aromatic N) is 2. The maximum atomic E-state index is 10.0. The highest BCUT2D eigenvalue weighted by Crippen LogP contribution is 2.26. The fraction of sp³-hybridized carbons (Fsp3) is 0.235. The molecule has 0 fully saturated rings. The van der Waals surface area contributed by atoms with Gasteiger partial charge in [-0.25, -0.2) is 4.99 Å². The third-order valence-corrected chi connectivity index (χ3v) is 3.59. The molecule has 0 spiro atoms. The molecule has 0 bridgehead atoms. The van der Waals surface area contributed by atoms with E-state index in [9.17, 15) is 5.11 Å². The topological polar surface area (TPSA) is 35.8 Å². The first-order chi connectivity index (χ1) is 9.72. The maximum Gasteiger partial charge on any atom is 0.285 e. The molecular weight excluding hydrogens is 248 g/mol. The third kappa shape index (κ3) is 2.67. The van der Waals surface area contributed by atoms with E-state index >= 15 is 0 Å². The Morgan fingerprint density at radius 2 is 1.95 bits per heavy atom. The number of aliphatic hydroxyl groups excluding tert-OH is 1. The van der Waals surface area contributed by atoms with Crippen LogP contribution < -0.4 is 0 Å². The molecule has 0 aromatic heterocycles. The summed E-state index contributed by atoms with van der Waals surface area (Å²) in [4.78, 5) is 6.29. The van der Waals surface area contributed by atoms with Gasteiger partial charge in [0.1, 0.15) is 0 Å². The lowest BCUT2D eigenvalue weighted by Gasteiger charge is -2.17. The molecule has 1 N–H and O–H groups in total. The van der Waals surface area contributed by atoms with Crippen molar-refractivity contribution in [1.82, 2.24) is 4.90 Å². The molecule has 2 aromatic rings. The molecule has 2 aromatic carbocycles. The van der Waals surface area contributed by atoms with Crippen molar-refractivity contribution in [1.29, 1.82) is 0 Å². The van der Waals surface area contributed by atoms with E-state index in [-0.39, 0.29) is 12.1 Å². The quantitative estimate of drug-likeness (QED) is 0.923. The molecule has 1 aliphatic heterocycles. The van der Waals surface area contributed by atoms with Gasteiger partial charge in [-0.1, -0.05) is 60.2 Å². The second-order valence-corrected chi connectivity index (χ2v) is 5.23. The lowest BCUT2D eigenvalue weighted by Crippen LogP contribution is -2.27. The summed E-state index contributed by atoms with van der Waals surface area (Å²) in [6.07, 6.45) is 0. The molecule has 20 heavy (non-hydrogen) atoms. The van der Waals surface area contributed by atoms with E-state index in [1.807, 2.05) is 29.2 Å². The van der Waals surface area contributed by atoms with Gasteiger partial charge in [-0.3, -0.25) is 0 Å². The van der Waals surface area contributed by atoms with E-state index in [1.54, 1.807) is 0 Å². The molecule has 1 aliphatic rings. The van der Waals surface area contributed by atoms with Crippen LogP contribution in [0.2, 0.25) is 0 Å². The number of aliphatic imine (C=N–C) groups is 1.